The molecule has 3 aliphatic rings. The van der Waals surface area contributed by atoms with Crippen LogP contribution in [0.15, 0.2) is 24.3 Å². The number of fused-ring (bicyclic) bond motifs is 2. The van der Waals surface area contributed by atoms with Crippen molar-refractivity contribution in [3.63, 3.8) is 0 Å². The zero-order valence-corrected chi connectivity index (χ0v) is 16.8. The zero-order chi connectivity index (χ0) is 19.9. The molecule has 0 aliphatic carbocycles. The van der Waals surface area contributed by atoms with Gasteiger partial charge in [0, 0.05) is 38.1 Å². The third-order valence-corrected chi connectivity index (χ3v) is 6.10. The lowest BCUT2D eigenvalue weighted by Gasteiger charge is -2.30. The quantitative estimate of drug-likeness (QED) is 0.800. The van der Waals surface area contributed by atoms with Gasteiger partial charge in [0.15, 0.2) is 0 Å². The summed E-state index contributed by atoms with van der Waals surface area (Å²) in [7, 11) is 0. The van der Waals surface area contributed by atoms with Crippen LogP contribution in [-0.2, 0) is 22.3 Å². The van der Waals surface area contributed by atoms with Crippen molar-refractivity contribution in [2.75, 3.05) is 19.6 Å². The number of nitrogens with zero attached hydrogens (tertiary/aromatic N) is 2. The average Bonchev–Trinajstić information content (AvgIpc) is 3.12. The lowest BCUT2D eigenvalue weighted by Crippen LogP contribution is -2.46. The Morgan fingerprint density at radius 1 is 1.17 bits per heavy atom. The van der Waals surface area contributed by atoms with Crippen molar-refractivity contribution in [2.45, 2.75) is 50.5 Å². The van der Waals surface area contributed by atoms with Gasteiger partial charge in [-0.2, -0.15) is 13.2 Å². The minimum atomic E-state index is -4.41. The van der Waals surface area contributed by atoms with Crippen molar-refractivity contribution in [1.82, 2.24) is 15.1 Å². The second kappa shape index (κ2) is 8.52. The highest BCUT2D eigenvalue weighted by atomic mass is 35.5. The third-order valence-electron chi connectivity index (χ3n) is 6.10. The second-order valence-electron chi connectivity index (χ2n) is 8.00. The van der Waals surface area contributed by atoms with E-state index in [0.29, 0.717) is 5.56 Å². The zero-order valence-electron chi connectivity index (χ0n) is 16.0. The van der Waals surface area contributed by atoms with Crippen LogP contribution in [0.3, 0.4) is 0 Å². The van der Waals surface area contributed by atoms with Crippen molar-refractivity contribution >= 4 is 24.2 Å². The summed E-state index contributed by atoms with van der Waals surface area (Å²) >= 11 is 0. The van der Waals surface area contributed by atoms with Crippen LogP contribution in [0.1, 0.15) is 36.8 Å². The van der Waals surface area contributed by atoms with Crippen molar-refractivity contribution in [2.24, 2.45) is 5.92 Å². The first-order valence-electron chi connectivity index (χ1n) is 9.80. The minimum absolute atomic E-state index is 0. The van der Waals surface area contributed by atoms with E-state index in [1.807, 2.05) is 4.90 Å². The largest absolute Gasteiger partial charge is 0.416 e. The number of rotatable bonds is 3. The van der Waals surface area contributed by atoms with E-state index < -0.39 is 17.7 Å². The fraction of sp³-hybridized carbons (Fsp3) is 0.600. The summed E-state index contributed by atoms with van der Waals surface area (Å²) in [6, 6.07) is 5.45. The molecule has 9 heteroatoms. The molecule has 3 atom stereocenters. The summed E-state index contributed by atoms with van der Waals surface area (Å²) in [5.74, 6) is -0.549. The maximum Gasteiger partial charge on any atom is 0.416 e. The standard InChI is InChI=1S/C20H24F3N3O2.ClH/c21-20(22,23)15-3-1-2-13(8-15)11-25-12-14(9-18(25)27)19(28)26-16-4-5-17(26)10-24-7-6-16;/h1-3,8,14,16-17,24H,4-7,9-12H2;1H. The summed E-state index contributed by atoms with van der Waals surface area (Å²) in [4.78, 5) is 29.0. The van der Waals surface area contributed by atoms with E-state index in [1.165, 1.54) is 11.0 Å². The fourth-order valence-corrected chi connectivity index (χ4v) is 4.71. The first kappa shape index (κ1) is 21.9. The molecule has 1 N–H and O–H groups in total. The Bertz CT molecular complexity index is 760. The molecule has 1 aromatic rings. The highest BCUT2D eigenvalue weighted by molar-refractivity contribution is 5.89. The molecule has 160 valence electrons. The number of nitrogens with one attached hydrogen (secondary N) is 1. The third kappa shape index (κ3) is 4.53. The maximum absolute atomic E-state index is 13.1. The van der Waals surface area contributed by atoms with E-state index in [1.54, 1.807) is 6.07 Å². The van der Waals surface area contributed by atoms with Crippen molar-refractivity contribution in [3.8, 4) is 0 Å². The number of carbonyl (C=O) groups is 2. The molecule has 29 heavy (non-hydrogen) atoms. The Kier molecular flexibility index (Phi) is 6.43. The van der Waals surface area contributed by atoms with Gasteiger partial charge in [0.05, 0.1) is 11.5 Å². The Morgan fingerprint density at radius 2 is 1.93 bits per heavy atom. The van der Waals surface area contributed by atoms with Crippen molar-refractivity contribution in [3.05, 3.63) is 35.4 Å². The van der Waals surface area contributed by atoms with E-state index in [4.69, 9.17) is 0 Å². The topological polar surface area (TPSA) is 52.7 Å². The lowest BCUT2D eigenvalue weighted by molar-refractivity contribution is -0.138. The van der Waals surface area contributed by atoms with Gasteiger partial charge in [-0.3, -0.25) is 9.59 Å². The summed E-state index contributed by atoms with van der Waals surface area (Å²) in [5.41, 5.74) is -0.298. The molecule has 1 aromatic carbocycles. The number of likely N-dealkylation sites (tertiary alicyclic amines) is 1. The molecule has 3 aliphatic heterocycles. The molecule has 0 aromatic heterocycles. The molecular weight excluding hydrogens is 407 g/mol. The Morgan fingerprint density at radius 3 is 2.69 bits per heavy atom. The molecule has 4 rings (SSSR count). The summed E-state index contributed by atoms with van der Waals surface area (Å²) in [5, 5.41) is 3.36. The first-order valence-corrected chi connectivity index (χ1v) is 9.80. The molecule has 2 amide bonds. The Labute approximate surface area is 174 Å². The molecule has 3 unspecified atom stereocenters. The van der Waals surface area contributed by atoms with Crippen LogP contribution < -0.4 is 5.32 Å². The Balaban J connectivity index is 0.00000240. The summed E-state index contributed by atoms with van der Waals surface area (Å²) < 4.78 is 38.7. The molecule has 5 nitrogen and oxygen atoms in total. The van der Waals surface area contributed by atoms with E-state index in [0.717, 1.165) is 44.5 Å². The fourth-order valence-electron chi connectivity index (χ4n) is 4.71. The van der Waals surface area contributed by atoms with Crippen molar-refractivity contribution in [1.29, 1.82) is 0 Å². The van der Waals surface area contributed by atoms with Gasteiger partial charge in [-0.05, 0) is 43.5 Å². The predicted octanol–water partition coefficient (Wildman–Crippen LogP) is 2.83. The highest BCUT2D eigenvalue weighted by Crippen LogP contribution is 2.33. The molecule has 0 saturated carbocycles. The van der Waals surface area contributed by atoms with Gasteiger partial charge in [0.25, 0.3) is 0 Å². The van der Waals surface area contributed by atoms with Gasteiger partial charge >= 0.3 is 6.18 Å². The van der Waals surface area contributed by atoms with Crippen LogP contribution in [0.5, 0.6) is 0 Å². The van der Waals surface area contributed by atoms with Crippen LogP contribution in [0.4, 0.5) is 13.2 Å². The number of amides is 2. The van der Waals surface area contributed by atoms with Gasteiger partial charge in [-0.25, -0.2) is 0 Å². The van der Waals surface area contributed by atoms with Crippen LogP contribution in [0.2, 0.25) is 0 Å². The van der Waals surface area contributed by atoms with Gasteiger partial charge < -0.3 is 15.1 Å². The molecule has 2 bridgehead atoms. The Hall–Kier alpha value is -1.80. The smallest absolute Gasteiger partial charge is 0.338 e. The molecule has 3 fully saturated rings. The monoisotopic (exact) mass is 431 g/mol. The minimum Gasteiger partial charge on any atom is -0.338 e. The first-order chi connectivity index (χ1) is 13.3. The highest BCUT2D eigenvalue weighted by Gasteiger charge is 2.44. The maximum atomic E-state index is 13.1. The number of hydrogen-bond acceptors (Lipinski definition) is 3. The average molecular weight is 432 g/mol. The number of halogens is 4. The van der Waals surface area contributed by atoms with E-state index >= 15 is 0 Å². The molecule has 3 saturated heterocycles. The van der Waals surface area contributed by atoms with Crippen LogP contribution in [-0.4, -0.2) is 53.3 Å². The normalized spacial score (nSPS) is 27.0. The van der Waals surface area contributed by atoms with E-state index in [9.17, 15) is 22.8 Å². The number of alkyl halides is 3. The summed E-state index contributed by atoms with van der Waals surface area (Å²) in [6.45, 7) is 2.06. The number of hydrogen-bond donors (Lipinski definition) is 1. The van der Waals surface area contributed by atoms with E-state index in [2.05, 4.69) is 5.32 Å². The van der Waals surface area contributed by atoms with Crippen LogP contribution >= 0.6 is 12.4 Å². The van der Waals surface area contributed by atoms with Crippen molar-refractivity contribution < 1.29 is 22.8 Å². The molecular formula is C20H25ClF3N3O2. The predicted molar refractivity (Wildman–Crippen MR) is 103 cm³/mol. The van der Waals surface area contributed by atoms with Gasteiger partial charge in [0.2, 0.25) is 11.8 Å². The van der Waals surface area contributed by atoms with Gasteiger partial charge in [0.1, 0.15) is 0 Å². The van der Waals surface area contributed by atoms with Crippen LogP contribution in [0, 0.1) is 5.92 Å². The van der Waals surface area contributed by atoms with Gasteiger partial charge in [-0.1, -0.05) is 12.1 Å². The lowest BCUT2D eigenvalue weighted by atomic mass is 10.1. The summed E-state index contributed by atoms with van der Waals surface area (Å²) in [6.07, 6.45) is -1.35. The molecule has 3 heterocycles. The SMILES string of the molecule is Cl.O=C1CC(C(=O)N2C3CCNCC2CC3)CN1Cc1cccc(C(F)(F)F)c1. The van der Waals surface area contributed by atoms with Crippen LogP contribution in [0.25, 0.3) is 0 Å². The molecule has 0 radical (unpaired) electrons. The van der Waals surface area contributed by atoms with E-state index in [-0.39, 0.29) is 55.8 Å². The number of carbonyl (C=O) groups excluding carboxylic acids is 2. The van der Waals surface area contributed by atoms with Gasteiger partial charge in [-0.15, -0.1) is 12.4 Å². The molecule has 0 spiro atoms. The second-order valence-corrected chi connectivity index (χ2v) is 8.00. The number of benzene rings is 1.